The van der Waals surface area contributed by atoms with Gasteiger partial charge in [-0.25, -0.2) is 0 Å². The van der Waals surface area contributed by atoms with Gasteiger partial charge in [0.05, 0.1) is 0 Å². The topological polar surface area (TPSA) is 34.1 Å². The molecular formula is C26H42O2. The molecule has 0 heterocycles. The molecule has 0 aliphatic heterocycles. The number of carbonyl (C=O) groups excluding carboxylic acids is 2. The van der Waals surface area contributed by atoms with Crippen molar-refractivity contribution in [1.82, 2.24) is 0 Å². The highest BCUT2D eigenvalue weighted by atomic mass is 16.1. The van der Waals surface area contributed by atoms with Gasteiger partial charge in [-0.2, -0.15) is 0 Å². The third kappa shape index (κ3) is 3.03. The maximum Gasteiger partial charge on any atom is 0.136 e. The molecule has 0 saturated heterocycles. The van der Waals surface area contributed by atoms with Crippen LogP contribution >= 0.6 is 0 Å². The number of rotatable bonds is 5. The second-order valence-electron chi connectivity index (χ2n) is 11.6. The molecule has 0 aromatic rings. The first-order valence-electron chi connectivity index (χ1n) is 12.3. The smallest absolute Gasteiger partial charge is 0.136 e. The molecule has 4 aliphatic rings. The highest BCUT2D eigenvalue weighted by Crippen LogP contribution is 2.68. The molecule has 0 amide bonds. The molecule has 2 nitrogen and oxygen atoms in total. The van der Waals surface area contributed by atoms with E-state index in [2.05, 4.69) is 27.7 Å². The van der Waals surface area contributed by atoms with Gasteiger partial charge in [0.1, 0.15) is 12.1 Å². The van der Waals surface area contributed by atoms with Gasteiger partial charge < -0.3 is 4.79 Å². The lowest BCUT2D eigenvalue weighted by Crippen LogP contribution is -2.55. The number of fused-ring (bicyclic) bond motifs is 5. The summed E-state index contributed by atoms with van der Waals surface area (Å²) in [5.41, 5.74) is 0.838. The number of Topliss-reactive ketones (excluding diaryl/α,β-unsaturated/α-hetero) is 1. The SMILES string of the molecule is CCCC(C)C1CCC2C3CCC4CC(=O)C(CC=O)CC4(C)C3CCC12C. The Morgan fingerprint density at radius 1 is 1.07 bits per heavy atom. The van der Waals surface area contributed by atoms with Crippen LogP contribution in [0.3, 0.4) is 0 Å². The van der Waals surface area contributed by atoms with E-state index >= 15 is 0 Å². The van der Waals surface area contributed by atoms with Crippen molar-refractivity contribution < 1.29 is 9.59 Å². The fourth-order valence-corrected chi connectivity index (χ4v) is 9.21. The molecule has 158 valence electrons. The molecule has 4 rings (SSSR count). The van der Waals surface area contributed by atoms with Crippen LogP contribution in [0.2, 0.25) is 0 Å². The Hall–Kier alpha value is -0.660. The minimum atomic E-state index is 0.00622. The molecule has 0 aromatic heterocycles. The van der Waals surface area contributed by atoms with E-state index in [4.69, 9.17) is 0 Å². The van der Waals surface area contributed by atoms with Gasteiger partial charge in [-0.1, -0.05) is 40.5 Å². The van der Waals surface area contributed by atoms with Crippen LogP contribution in [0.5, 0.6) is 0 Å². The second kappa shape index (κ2) is 7.55. The molecule has 9 unspecified atom stereocenters. The van der Waals surface area contributed by atoms with Gasteiger partial charge in [0.2, 0.25) is 0 Å². The molecule has 0 bridgehead atoms. The maximum absolute atomic E-state index is 12.6. The van der Waals surface area contributed by atoms with Gasteiger partial charge in [-0.15, -0.1) is 0 Å². The van der Waals surface area contributed by atoms with Gasteiger partial charge in [0.25, 0.3) is 0 Å². The summed E-state index contributed by atoms with van der Waals surface area (Å²) in [6.45, 7) is 10.0. The minimum absolute atomic E-state index is 0.00622. The summed E-state index contributed by atoms with van der Waals surface area (Å²) in [6.07, 6.45) is 14.1. The van der Waals surface area contributed by atoms with Crippen LogP contribution in [0.15, 0.2) is 0 Å². The summed E-state index contributed by atoms with van der Waals surface area (Å²) in [4.78, 5) is 23.8. The molecule has 0 N–H and O–H groups in total. The van der Waals surface area contributed by atoms with E-state index in [1.54, 1.807) is 0 Å². The van der Waals surface area contributed by atoms with Crippen molar-refractivity contribution >= 4 is 12.1 Å². The summed E-state index contributed by atoms with van der Waals surface area (Å²) in [5.74, 6) is 5.29. The average molecular weight is 387 g/mol. The lowest BCUT2D eigenvalue weighted by molar-refractivity contribution is -0.149. The molecule has 4 aliphatic carbocycles. The summed E-state index contributed by atoms with van der Waals surface area (Å²) >= 11 is 0. The van der Waals surface area contributed by atoms with Crippen molar-refractivity contribution in [2.24, 2.45) is 52.3 Å². The number of carbonyl (C=O) groups is 2. The molecule has 0 spiro atoms. The monoisotopic (exact) mass is 386 g/mol. The summed E-state index contributed by atoms with van der Waals surface area (Å²) in [5, 5.41) is 0. The molecule has 4 fully saturated rings. The van der Waals surface area contributed by atoms with Gasteiger partial charge in [-0.05, 0) is 91.3 Å². The third-order valence-corrected chi connectivity index (χ3v) is 10.5. The predicted octanol–water partition coefficient (Wildman–Crippen LogP) is 6.47. The highest BCUT2D eigenvalue weighted by Gasteiger charge is 2.61. The third-order valence-electron chi connectivity index (χ3n) is 10.5. The van der Waals surface area contributed by atoms with E-state index in [0.29, 0.717) is 29.0 Å². The van der Waals surface area contributed by atoms with E-state index in [1.165, 1.54) is 51.4 Å². The van der Waals surface area contributed by atoms with Crippen LogP contribution in [0, 0.1) is 52.3 Å². The first kappa shape index (κ1) is 20.6. The first-order chi connectivity index (χ1) is 13.3. The summed E-state index contributed by atoms with van der Waals surface area (Å²) in [6, 6.07) is 0. The number of aldehydes is 1. The molecule has 4 saturated carbocycles. The van der Waals surface area contributed by atoms with Gasteiger partial charge in [0.15, 0.2) is 0 Å². The van der Waals surface area contributed by atoms with E-state index in [1.807, 2.05) is 0 Å². The largest absolute Gasteiger partial charge is 0.303 e. The predicted molar refractivity (Wildman–Crippen MR) is 114 cm³/mol. The Kier molecular flexibility index (Phi) is 5.55. The fourth-order valence-electron chi connectivity index (χ4n) is 9.21. The van der Waals surface area contributed by atoms with Crippen molar-refractivity contribution in [3.05, 3.63) is 0 Å². The lowest BCUT2D eigenvalue weighted by atomic mass is 9.43. The number of hydrogen-bond acceptors (Lipinski definition) is 2. The standard InChI is InChI=1S/C26H42O2/c1-5-6-17(2)21-9-10-22-20-8-7-19-15-24(28)18(12-14-27)16-26(19,4)23(20)11-13-25(21,22)3/h14,17-23H,5-13,15-16H2,1-4H3. The zero-order chi connectivity index (χ0) is 20.1. The van der Waals surface area contributed by atoms with Gasteiger partial charge in [-0.3, -0.25) is 4.79 Å². The summed E-state index contributed by atoms with van der Waals surface area (Å²) < 4.78 is 0. The molecule has 0 aromatic carbocycles. The van der Waals surface area contributed by atoms with E-state index in [-0.39, 0.29) is 5.92 Å². The normalized spacial score (nSPS) is 49.1. The Morgan fingerprint density at radius 3 is 2.54 bits per heavy atom. The Bertz CT molecular complexity index is 612. The van der Waals surface area contributed by atoms with Crippen molar-refractivity contribution in [3.8, 4) is 0 Å². The first-order valence-corrected chi connectivity index (χ1v) is 12.3. The lowest BCUT2D eigenvalue weighted by Gasteiger charge is -2.61. The van der Waals surface area contributed by atoms with Crippen molar-refractivity contribution in [2.45, 2.75) is 98.3 Å². The van der Waals surface area contributed by atoms with Crippen LogP contribution in [-0.2, 0) is 9.59 Å². The Labute approximate surface area is 172 Å². The minimum Gasteiger partial charge on any atom is -0.303 e. The molecule has 9 atom stereocenters. The quantitative estimate of drug-likeness (QED) is 0.508. The Morgan fingerprint density at radius 2 is 1.82 bits per heavy atom. The molecule has 28 heavy (non-hydrogen) atoms. The molecule has 0 radical (unpaired) electrons. The fraction of sp³-hybridized carbons (Fsp3) is 0.923. The summed E-state index contributed by atoms with van der Waals surface area (Å²) in [7, 11) is 0. The van der Waals surface area contributed by atoms with Crippen molar-refractivity contribution in [1.29, 1.82) is 0 Å². The van der Waals surface area contributed by atoms with Crippen LogP contribution in [0.1, 0.15) is 98.3 Å². The van der Waals surface area contributed by atoms with Crippen LogP contribution in [0.4, 0.5) is 0 Å². The molecule has 2 heteroatoms. The molecular weight excluding hydrogens is 344 g/mol. The Balaban J connectivity index is 1.57. The average Bonchev–Trinajstić information content (AvgIpc) is 3.00. The zero-order valence-corrected chi connectivity index (χ0v) is 18.7. The van der Waals surface area contributed by atoms with Crippen LogP contribution in [0.25, 0.3) is 0 Å². The van der Waals surface area contributed by atoms with Gasteiger partial charge in [0, 0.05) is 18.8 Å². The van der Waals surface area contributed by atoms with Crippen LogP contribution < -0.4 is 0 Å². The van der Waals surface area contributed by atoms with E-state index in [9.17, 15) is 9.59 Å². The van der Waals surface area contributed by atoms with E-state index in [0.717, 1.165) is 48.7 Å². The highest BCUT2D eigenvalue weighted by molar-refractivity contribution is 5.84. The van der Waals surface area contributed by atoms with Crippen molar-refractivity contribution in [3.63, 3.8) is 0 Å². The van der Waals surface area contributed by atoms with Gasteiger partial charge >= 0.3 is 0 Å². The second-order valence-corrected chi connectivity index (χ2v) is 11.6. The van der Waals surface area contributed by atoms with E-state index < -0.39 is 0 Å². The zero-order valence-electron chi connectivity index (χ0n) is 18.7. The number of hydrogen-bond donors (Lipinski definition) is 0. The maximum atomic E-state index is 12.6. The van der Waals surface area contributed by atoms with Crippen LogP contribution in [-0.4, -0.2) is 12.1 Å². The number of ketones is 1. The van der Waals surface area contributed by atoms with Crippen molar-refractivity contribution in [2.75, 3.05) is 0 Å².